The van der Waals surface area contributed by atoms with Gasteiger partial charge < -0.3 is 5.11 Å². The summed E-state index contributed by atoms with van der Waals surface area (Å²) in [5, 5.41) is 18.3. The number of nitriles is 1. The summed E-state index contributed by atoms with van der Waals surface area (Å²) in [5.74, 6) is -0.631. The Kier molecular flexibility index (Phi) is 2.99. The molecule has 3 nitrogen and oxygen atoms in total. The molecule has 2 unspecified atom stereocenters. The van der Waals surface area contributed by atoms with Crippen LogP contribution in [0.1, 0.15) is 39.5 Å². The summed E-state index contributed by atoms with van der Waals surface area (Å²) >= 11 is 0. The van der Waals surface area contributed by atoms with Gasteiger partial charge in [0.05, 0.1) is 12.0 Å². The quantitative estimate of drug-likeness (QED) is 0.762. The van der Waals surface area contributed by atoms with Crippen LogP contribution in [0.25, 0.3) is 0 Å². The fourth-order valence-electron chi connectivity index (χ4n) is 3.16. The van der Waals surface area contributed by atoms with E-state index >= 15 is 0 Å². The van der Waals surface area contributed by atoms with Crippen molar-refractivity contribution in [3.05, 3.63) is 11.6 Å². The first-order valence-electron chi connectivity index (χ1n) is 6.33. The predicted octanol–water partition coefficient (Wildman–Crippen LogP) is 2.98. The number of hydrogen-bond acceptors (Lipinski definition) is 2. The molecule has 0 saturated heterocycles. The van der Waals surface area contributed by atoms with Gasteiger partial charge in [-0.3, -0.25) is 4.79 Å². The zero-order chi connectivity index (χ0) is 12.6. The standard InChI is InChI=1S/C14H19NO2/c1-14(2)11(12(14)13(16)17)7-10(8-15)9-5-3-4-6-9/h7,9,11-12H,3-6H2,1-2H3,(H,16,17)/b10-7+. The predicted molar refractivity (Wildman–Crippen MR) is 64.1 cm³/mol. The number of allylic oxidation sites excluding steroid dienone is 2. The van der Waals surface area contributed by atoms with Gasteiger partial charge >= 0.3 is 5.97 Å². The van der Waals surface area contributed by atoms with Crippen LogP contribution in [-0.2, 0) is 4.79 Å². The highest BCUT2D eigenvalue weighted by Gasteiger charge is 2.61. The first-order valence-corrected chi connectivity index (χ1v) is 6.33. The first-order chi connectivity index (χ1) is 7.98. The maximum absolute atomic E-state index is 11.1. The smallest absolute Gasteiger partial charge is 0.307 e. The van der Waals surface area contributed by atoms with Crippen molar-refractivity contribution >= 4 is 5.97 Å². The molecule has 0 spiro atoms. The summed E-state index contributed by atoms with van der Waals surface area (Å²) < 4.78 is 0. The minimum Gasteiger partial charge on any atom is -0.481 e. The second-order valence-electron chi connectivity index (χ2n) is 5.88. The Bertz CT molecular complexity index is 397. The van der Waals surface area contributed by atoms with Crippen molar-refractivity contribution in [2.75, 3.05) is 0 Å². The third-order valence-corrected chi connectivity index (χ3v) is 4.46. The molecule has 2 aliphatic carbocycles. The summed E-state index contributed by atoms with van der Waals surface area (Å²) in [7, 11) is 0. The van der Waals surface area contributed by atoms with Crippen molar-refractivity contribution in [3.8, 4) is 6.07 Å². The lowest BCUT2D eigenvalue weighted by atomic mass is 9.96. The van der Waals surface area contributed by atoms with E-state index in [0.717, 1.165) is 18.4 Å². The van der Waals surface area contributed by atoms with Crippen molar-refractivity contribution in [3.63, 3.8) is 0 Å². The lowest BCUT2D eigenvalue weighted by Gasteiger charge is -2.07. The van der Waals surface area contributed by atoms with E-state index in [4.69, 9.17) is 5.11 Å². The first kappa shape index (κ1) is 12.2. The average Bonchev–Trinajstić information content (AvgIpc) is 2.69. The fourth-order valence-corrected chi connectivity index (χ4v) is 3.16. The van der Waals surface area contributed by atoms with E-state index in [2.05, 4.69) is 6.07 Å². The summed E-state index contributed by atoms with van der Waals surface area (Å²) in [6.45, 7) is 3.94. The van der Waals surface area contributed by atoms with Gasteiger partial charge in [-0.1, -0.05) is 32.8 Å². The van der Waals surface area contributed by atoms with Crippen LogP contribution in [0.5, 0.6) is 0 Å². The third kappa shape index (κ3) is 2.09. The van der Waals surface area contributed by atoms with Crippen molar-refractivity contribution < 1.29 is 9.90 Å². The molecule has 0 bridgehead atoms. The Morgan fingerprint density at radius 3 is 2.41 bits per heavy atom. The number of rotatable bonds is 3. The van der Waals surface area contributed by atoms with Crippen molar-refractivity contribution in [1.82, 2.24) is 0 Å². The van der Waals surface area contributed by atoms with Crippen LogP contribution in [0.4, 0.5) is 0 Å². The van der Waals surface area contributed by atoms with Crippen LogP contribution in [0, 0.1) is 34.5 Å². The molecular weight excluding hydrogens is 214 g/mol. The zero-order valence-electron chi connectivity index (χ0n) is 10.4. The van der Waals surface area contributed by atoms with Crippen molar-refractivity contribution in [2.45, 2.75) is 39.5 Å². The molecule has 0 aromatic carbocycles. The van der Waals surface area contributed by atoms with E-state index in [-0.39, 0.29) is 17.3 Å². The number of hydrogen-bond donors (Lipinski definition) is 1. The minimum atomic E-state index is -0.736. The van der Waals surface area contributed by atoms with Gasteiger partial charge in [0, 0.05) is 5.57 Å². The van der Waals surface area contributed by atoms with E-state index in [0.29, 0.717) is 5.92 Å². The van der Waals surface area contributed by atoms with Gasteiger partial charge in [-0.25, -0.2) is 0 Å². The second-order valence-corrected chi connectivity index (χ2v) is 5.88. The summed E-state index contributed by atoms with van der Waals surface area (Å²) in [5.41, 5.74) is 0.635. The van der Waals surface area contributed by atoms with Crippen LogP contribution in [0.3, 0.4) is 0 Å². The lowest BCUT2D eigenvalue weighted by Crippen LogP contribution is -2.03. The molecule has 0 amide bonds. The molecule has 2 saturated carbocycles. The maximum atomic E-state index is 11.1. The number of carboxylic acids is 1. The van der Waals surface area contributed by atoms with E-state index in [9.17, 15) is 10.1 Å². The number of nitrogens with zero attached hydrogens (tertiary/aromatic N) is 1. The van der Waals surface area contributed by atoms with Crippen molar-refractivity contribution in [1.29, 1.82) is 5.26 Å². The molecular formula is C14H19NO2. The average molecular weight is 233 g/mol. The van der Waals surface area contributed by atoms with Gasteiger partial charge in [-0.2, -0.15) is 5.26 Å². The summed E-state index contributed by atoms with van der Waals surface area (Å²) in [6.07, 6.45) is 6.50. The molecule has 0 radical (unpaired) electrons. The largest absolute Gasteiger partial charge is 0.481 e. The van der Waals surface area contributed by atoms with Crippen LogP contribution in [0.15, 0.2) is 11.6 Å². The summed E-state index contributed by atoms with van der Waals surface area (Å²) in [6, 6.07) is 2.28. The minimum absolute atomic E-state index is 0.0373. The highest BCUT2D eigenvalue weighted by molar-refractivity contribution is 5.76. The van der Waals surface area contributed by atoms with E-state index in [1.807, 2.05) is 19.9 Å². The Hall–Kier alpha value is -1.30. The van der Waals surface area contributed by atoms with Crippen molar-refractivity contribution in [2.24, 2.45) is 23.2 Å². The molecule has 2 aliphatic rings. The molecule has 17 heavy (non-hydrogen) atoms. The van der Waals surface area contributed by atoms with Gasteiger partial charge in [0.1, 0.15) is 0 Å². The van der Waals surface area contributed by atoms with E-state index < -0.39 is 5.97 Å². The van der Waals surface area contributed by atoms with Crippen LogP contribution in [0.2, 0.25) is 0 Å². The third-order valence-electron chi connectivity index (χ3n) is 4.46. The Balaban J connectivity index is 2.13. The molecule has 92 valence electrons. The van der Waals surface area contributed by atoms with Gasteiger partial charge in [0.2, 0.25) is 0 Å². The molecule has 2 rings (SSSR count). The van der Waals surface area contributed by atoms with Crippen LogP contribution in [-0.4, -0.2) is 11.1 Å². The maximum Gasteiger partial charge on any atom is 0.307 e. The monoisotopic (exact) mass is 233 g/mol. The Morgan fingerprint density at radius 1 is 1.41 bits per heavy atom. The summed E-state index contributed by atoms with van der Waals surface area (Å²) in [4.78, 5) is 11.1. The van der Waals surface area contributed by atoms with Gasteiger partial charge in [0.25, 0.3) is 0 Å². The Morgan fingerprint density at radius 2 is 2.00 bits per heavy atom. The molecule has 0 aromatic heterocycles. The SMILES string of the molecule is CC1(C)C(/C=C(\C#N)C2CCCC2)C1C(=O)O. The molecule has 1 N–H and O–H groups in total. The highest BCUT2D eigenvalue weighted by Crippen LogP contribution is 2.59. The molecule has 0 heterocycles. The van der Waals surface area contributed by atoms with Crippen LogP contribution < -0.4 is 0 Å². The Labute approximate surface area is 102 Å². The van der Waals surface area contributed by atoms with E-state index in [1.165, 1.54) is 12.8 Å². The molecule has 0 aromatic rings. The van der Waals surface area contributed by atoms with Crippen LogP contribution >= 0.6 is 0 Å². The normalized spacial score (nSPS) is 32.2. The molecule has 0 aliphatic heterocycles. The molecule has 2 fully saturated rings. The van der Waals surface area contributed by atoms with Gasteiger partial charge in [0.15, 0.2) is 0 Å². The fraction of sp³-hybridized carbons (Fsp3) is 0.714. The van der Waals surface area contributed by atoms with Gasteiger partial charge in [-0.05, 0) is 30.1 Å². The molecule has 2 atom stereocenters. The zero-order valence-corrected chi connectivity index (χ0v) is 10.4. The number of aliphatic carboxylic acids is 1. The number of carbonyl (C=O) groups is 1. The number of carboxylic acid groups (broad SMARTS) is 1. The molecule has 3 heteroatoms. The highest BCUT2D eigenvalue weighted by atomic mass is 16.4. The van der Waals surface area contributed by atoms with Gasteiger partial charge in [-0.15, -0.1) is 0 Å². The van der Waals surface area contributed by atoms with E-state index in [1.54, 1.807) is 0 Å². The second kappa shape index (κ2) is 4.18. The topological polar surface area (TPSA) is 61.1 Å². The lowest BCUT2D eigenvalue weighted by molar-refractivity contribution is -0.139.